The highest BCUT2D eigenvalue weighted by molar-refractivity contribution is 5.77. The number of hydrogen-bond acceptors (Lipinski definition) is 5. The fourth-order valence-corrected chi connectivity index (χ4v) is 1.40. The van der Waals surface area contributed by atoms with Gasteiger partial charge in [-0.3, -0.25) is 0 Å². The molecule has 0 aromatic carbocycles. The second-order valence-corrected chi connectivity index (χ2v) is 2.97. The van der Waals surface area contributed by atoms with E-state index in [1.807, 2.05) is 0 Å². The molecule has 7 heteroatoms. The fraction of sp³-hybridized carbons (Fsp3) is 0. The number of hydrogen-bond donors (Lipinski definition) is 2. The molecule has 15 heavy (non-hydrogen) atoms. The molecule has 0 aliphatic heterocycles. The van der Waals surface area contributed by atoms with Crippen molar-refractivity contribution in [1.29, 1.82) is 0 Å². The zero-order valence-electron chi connectivity index (χ0n) is 7.62. The summed E-state index contributed by atoms with van der Waals surface area (Å²) in [6.07, 6.45) is 4.60. The summed E-state index contributed by atoms with van der Waals surface area (Å²) in [5.41, 5.74) is 7.05. The molecule has 0 aliphatic carbocycles. The number of aromatic nitrogens is 6. The van der Waals surface area contributed by atoms with Gasteiger partial charge in [-0.05, 0) is 0 Å². The smallest absolute Gasteiger partial charge is 0.184 e. The second kappa shape index (κ2) is 2.77. The highest BCUT2D eigenvalue weighted by atomic mass is 15.3. The van der Waals surface area contributed by atoms with E-state index in [0.717, 1.165) is 0 Å². The summed E-state index contributed by atoms with van der Waals surface area (Å²) in [5, 5.41) is 4.07. The third-order valence-electron chi connectivity index (χ3n) is 2.08. The van der Waals surface area contributed by atoms with Crippen molar-refractivity contribution >= 4 is 17.0 Å². The van der Waals surface area contributed by atoms with Crippen LogP contribution < -0.4 is 5.73 Å². The van der Waals surface area contributed by atoms with E-state index in [2.05, 4.69) is 25.0 Å². The van der Waals surface area contributed by atoms with Crippen molar-refractivity contribution < 1.29 is 0 Å². The lowest BCUT2D eigenvalue weighted by molar-refractivity contribution is 0.858. The van der Waals surface area contributed by atoms with Crippen molar-refractivity contribution in [1.82, 2.24) is 29.7 Å². The molecule has 0 saturated carbocycles. The molecule has 0 fully saturated rings. The van der Waals surface area contributed by atoms with Gasteiger partial charge in [0.15, 0.2) is 11.5 Å². The van der Waals surface area contributed by atoms with Gasteiger partial charge in [0.2, 0.25) is 0 Å². The first-order valence-corrected chi connectivity index (χ1v) is 4.30. The Balaban J connectivity index is 2.36. The van der Waals surface area contributed by atoms with Crippen LogP contribution in [0.15, 0.2) is 24.9 Å². The van der Waals surface area contributed by atoms with Crippen molar-refractivity contribution in [2.45, 2.75) is 0 Å². The van der Waals surface area contributed by atoms with Crippen molar-refractivity contribution in [2.75, 3.05) is 5.73 Å². The molecular formula is C8H7N7. The van der Waals surface area contributed by atoms with Gasteiger partial charge in [0.25, 0.3) is 0 Å². The van der Waals surface area contributed by atoms with Crippen LogP contribution >= 0.6 is 0 Å². The van der Waals surface area contributed by atoms with E-state index in [9.17, 15) is 0 Å². The Hall–Kier alpha value is -2.44. The summed E-state index contributed by atoms with van der Waals surface area (Å²) < 4.78 is 1.53. The van der Waals surface area contributed by atoms with E-state index in [4.69, 9.17) is 5.73 Å². The largest absolute Gasteiger partial charge is 0.384 e. The Morgan fingerprint density at radius 2 is 2.20 bits per heavy atom. The fourth-order valence-electron chi connectivity index (χ4n) is 1.40. The number of nitrogens with two attached hydrogens (primary N) is 1. The Morgan fingerprint density at radius 3 is 3.00 bits per heavy atom. The monoisotopic (exact) mass is 201 g/mol. The van der Waals surface area contributed by atoms with Gasteiger partial charge in [0.05, 0.1) is 12.5 Å². The first-order chi connectivity index (χ1) is 7.36. The van der Waals surface area contributed by atoms with Crippen LogP contribution in [-0.4, -0.2) is 29.7 Å². The molecule has 74 valence electrons. The number of aromatic amines is 1. The zero-order chi connectivity index (χ0) is 10.3. The molecule has 3 aromatic heterocycles. The van der Waals surface area contributed by atoms with Gasteiger partial charge in [0.1, 0.15) is 17.7 Å². The molecule has 3 N–H and O–H groups in total. The van der Waals surface area contributed by atoms with Gasteiger partial charge >= 0.3 is 0 Å². The van der Waals surface area contributed by atoms with Crippen LogP contribution in [0, 0.1) is 0 Å². The van der Waals surface area contributed by atoms with E-state index in [0.29, 0.717) is 22.8 Å². The van der Waals surface area contributed by atoms with E-state index in [1.165, 1.54) is 11.0 Å². The van der Waals surface area contributed by atoms with Crippen LogP contribution in [0.3, 0.4) is 0 Å². The third-order valence-corrected chi connectivity index (χ3v) is 2.08. The number of nitrogens with one attached hydrogen (secondary N) is 1. The molecule has 0 unspecified atom stereocenters. The highest BCUT2D eigenvalue weighted by Gasteiger charge is 2.09. The number of anilines is 1. The summed E-state index contributed by atoms with van der Waals surface area (Å²) >= 11 is 0. The van der Waals surface area contributed by atoms with Crippen LogP contribution in [0.25, 0.3) is 17.0 Å². The molecule has 3 aromatic rings. The molecule has 0 bridgehead atoms. The summed E-state index contributed by atoms with van der Waals surface area (Å²) in [6, 6.07) is 1.70. The number of imidazole rings is 1. The maximum atomic E-state index is 5.74. The molecule has 7 nitrogen and oxygen atoms in total. The van der Waals surface area contributed by atoms with Crippen LogP contribution in [-0.2, 0) is 0 Å². The predicted octanol–water partition coefficient (Wildman–Crippen LogP) is 0.121. The van der Waals surface area contributed by atoms with Gasteiger partial charge < -0.3 is 10.7 Å². The predicted molar refractivity (Wildman–Crippen MR) is 53.2 cm³/mol. The van der Waals surface area contributed by atoms with Crippen molar-refractivity contribution in [2.24, 2.45) is 0 Å². The molecule has 0 atom stereocenters. The van der Waals surface area contributed by atoms with Gasteiger partial charge in [0, 0.05) is 6.07 Å². The number of rotatable bonds is 1. The first kappa shape index (κ1) is 7.92. The first-order valence-electron chi connectivity index (χ1n) is 4.30. The van der Waals surface area contributed by atoms with Gasteiger partial charge in [-0.2, -0.15) is 9.78 Å². The second-order valence-electron chi connectivity index (χ2n) is 2.97. The zero-order valence-corrected chi connectivity index (χ0v) is 7.62. The molecule has 0 saturated heterocycles. The van der Waals surface area contributed by atoms with Crippen LogP contribution in [0.2, 0.25) is 0 Å². The molecular weight excluding hydrogens is 194 g/mol. The lowest BCUT2D eigenvalue weighted by Crippen LogP contribution is -2.05. The van der Waals surface area contributed by atoms with Crippen molar-refractivity contribution in [3.63, 3.8) is 0 Å². The van der Waals surface area contributed by atoms with Crippen LogP contribution in [0.1, 0.15) is 0 Å². The average Bonchev–Trinajstić information content (AvgIpc) is 2.85. The third kappa shape index (κ3) is 1.06. The minimum Gasteiger partial charge on any atom is -0.384 e. The number of nitrogens with zero attached hydrogens (tertiary/aromatic N) is 5. The lowest BCUT2D eigenvalue weighted by atomic mass is 10.5. The SMILES string of the molecule is Nc1ccnn1-c1ncnc2nc[nH]c12. The molecule has 0 amide bonds. The van der Waals surface area contributed by atoms with Crippen LogP contribution in [0.5, 0.6) is 0 Å². The maximum Gasteiger partial charge on any atom is 0.184 e. The number of nitrogen functional groups attached to an aromatic ring is 1. The lowest BCUT2D eigenvalue weighted by Gasteiger charge is -2.02. The number of fused-ring (bicyclic) bond motifs is 1. The minimum atomic E-state index is 0.518. The topological polar surface area (TPSA) is 98.3 Å². The molecule has 0 radical (unpaired) electrons. The minimum absolute atomic E-state index is 0.518. The van der Waals surface area contributed by atoms with E-state index >= 15 is 0 Å². The Labute approximate surface area is 84.0 Å². The molecule has 0 spiro atoms. The van der Waals surface area contributed by atoms with Crippen molar-refractivity contribution in [3.8, 4) is 5.82 Å². The molecule has 3 heterocycles. The maximum absolute atomic E-state index is 5.74. The number of H-pyrrole nitrogens is 1. The summed E-state index contributed by atoms with van der Waals surface area (Å²) in [6.45, 7) is 0. The Bertz CT molecular complexity index is 608. The quantitative estimate of drug-likeness (QED) is 0.582. The van der Waals surface area contributed by atoms with Crippen molar-refractivity contribution in [3.05, 3.63) is 24.9 Å². The Morgan fingerprint density at radius 1 is 1.27 bits per heavy atom. The summed E-state index contributed by atoms with van der Waals surface area (Å²) in [7, 11) is 0. The normalized spacial score (nSPS) is 10.9. The van der Waals surface area contributed by atoms with Crippen LogP contribution in [0.4, 0.5) is 5.82 Å². The van der Waals surface area contributed by atoms with E-state index < -0.39 is 0 Å². The summed E-state index contributed by atoms with van der Waals surface area (Å²) in [5.74, 6) is 1.12. The van der Waals surface area contributed by atoms with Gasteiger partial charge in [-0.15, -0.1) is 0 Å². The Kier molecular flexibility index (Phi) is 1.46. The standard InChI is InChI=1S/C8H7N7/c9-5-1-2-14-15(5)8-6-7(11-3-10-6)12-4-13-8/h1-4H,9H2,(H,10,11,12,13). The average molecular weight is 201 g/mol. The van der Waals surface area contributed by atoms with Gasteiger partial charge in [-0.25, -0.2) is 15.0 Å². The van der Waals surface area contributed by atoms with Gasteiger partial charge in [-0.1, -0.05) is 0 Å². The highest BCUT2D eigenvalue weighted by Crippen LogP contribution is 2.15. The summed E-state index contributed by atoms with van der Waals surface area (Å²) in [4.78, 5) is 15.1. The van der Waals surface area contributed by atoms with E-state index in [1.54, 1.807) is 18.6 Å². The van der Waals surface area contributed by atoms with E-state index in [-0.39, 0.29) is 0 Å². The molecule has 3 rings (SSSR count). The molecule has 0 aliphatic rings.